The molecule has 0 spiro atoms. The van der Waals surface area contributed by atoms with Crippen molar-refractivity contribution in [1.29, 1.82) is 0 Å². The van der Waals surface area contributed by atoms with Gasteiger partial charge in [-0.2, -0.15) is 0 Å². The van der Waals surface area contributed by atoms with E-state index in [0.29, 0.717) is 17.4 Å². The maximum atomic E-state index is 11.1. The molecule has 0 saturated carbocycles. The van der Waals surface area contributed by atoms with Gasteiger partial charge in [0.15, 0.2) is 0 Å². The number of alkyl halides is 1. The van der Waals surface area contributed by atoms with E-state index >= 15 is 0 Å². The van der Waals surface area contributed by atoms with Crippen LogP contribution in [0.25, 0.3) is 0 Å². The second kappa shape index (κ2) is 4.19. The number of carbonyl (C=O) groups excluding carboxylic acids is 1. The van der Waals surface area contributed by atoms with Crippen molar-refractivity contribution >= 4 is 21.9 Å². The molecule has 2 heterocycles. The summed E-state index contributed by atoms with van der Waals surface area (Å²) in [6.07, 6.45) is 4.73. The SMILES string of the molecule is CN1[C@@H]2CC[C@@H]1CC(OC(=O)CBr)C2. The molecular formula is C10H16BrNO2. The van der Waals surface area contributed by atoms with Crippen molar-refractivity contribution < 1.29 is 9.53 Å². The Labute approximate surface area is 92.9 Å². The number of ether oxygens (including phenoxy) is 1. The molecule has 0 N–H and O–H groups in total. The molecule has 2 fully saturated rings. The molecule has 3 nitrogen and oxygen atoms in total. The summed E-state index contributed by atoms with van der Waals surface area (Å²) in [7, 11) is 2.19. The van der Waals surface area contributed by atoms with E-state index in [-0.39, 0.29) is 12.1 Å². The van der Waals surface area contributed by atoms with Crippen molar-refractivity contribution in [2.75, 3.05) is 12.4 Å². The number of hydrogen-bond acceptors (Lipinski definition) is 3. The van der Waals surface area contributed by atoms with Gasteiger partial charge in [0.05, 0.1) is 0 Å². The zero-order valence-electron chi connectivity index (χ0n) is 8.41. The first-order chi connectivity index (χ1) is 6.70. The third-order valence-electron chi connectivity index (χ3n) is 3.46. The summed E-state index contributed by atoms with van der Waals surface area (Å²) in [5.41, 5.74) is 0. The zero-order valence-corrected chi connectivity index (χ0v) is 10.00. The Bertz CT molecular complexity index is 220. The molecule has 0 aromatic heterocycles. The number of esters is 1. The van der Waals surface area contributed by atoms with Gasteiger partial charge in [0.25, 0.3) is 0 Å². The molecule has 2 bridgehead atoms. The molecule has 0 radical (unpaired) electrons. The quantitative estimate of drug-likeness (QED) is 0.558. The van der Waals surface area contributed by atoms with Crippen LogP contribution in [0.2, 0.25) is 0 Å². The lowest BCUT2D eigenvalue weighted by molar-refractivity contribution is -0.148. The maximum Gasteiger partial charge on any atom is 0.316 e. The molecule has 4 heteroatoms. The largest absolute Gasteiger partial charge is 0.462 e. The lowest BCUT2D eigenvalue weighted by Gasteiger charge is -2.35. The molecular weight excluding hydrogens is 246 g/mol. The van der Waals surface area contributed by atoms with E-state index < -0.39 is 0 Å². The van der Waals surface area contributed by atoms with Gasteiger partial charge in [-0.25, -0.2) is 0 Å². The lowest BCUT2D eigenvalue weighted by atomic mass is 10.0. The van der Waals surface area contributed by atoms with Crippen LogP contribution in [0.1, 0.15) is 25.7 Å². The van der Waals surface area contributed by atoms with Gasteiger partial charge >= 0.3 is 5.97 Å². The van der Waals surface area contributed by atoms with Gasteiger partial charge in [0.1, 0.15) is 11.4 Å². The van der Waals surface area contributed by atoms with Crippen LogP contribution in [0.4, 0.5) is 0 Å². The highest BCUT2D eigenvalue weighted by molar-refractivity contribution is 9.09. The molecule has 2 aliphatic heterocycles. The van der Waals surface area contributed by atoms with Crippen molar-refractivity contribution in [1.82, 2.24) is 4.90 Å². The molecule has 2 saturated heterocycles. The van der Waals surface area contributed by atoms with E-state index in [9.17, 15) is 4.79 Å². The monoisotopic (exact) mass is 261 g/mol. The minimum absolute atomic E-state index is 0.126. The summed E-state index contributed by atoms with van der Waals surface area (Å²) in [6.45, 7) is 0. The van der Waals surface area contributed by atoms with Crippen LogP contribution in [0.15, 0.2) is 0 Å². The van der Waals surface area contributed by atoms with Crippen molar-refractivity contribution in [2.45, 2.75) is 43.9 Å². The fraction of sp³-hybridized carbons (Fsp3) is 0.900. The predicted octanol–water partition coefficient (Wildman–Crippen LogP) is 1.55. The fourth-order valence-corrected chi connectivity index (χ4v) is 2.81. The number of halogens is 1. The van der Waals surface area contributed by atoms with E-state index in [1.165, 1.54) is 12.8 Å². The molecule has 2 aliphatic rings. The maximum absolute atomic E-state index is 11.1. The second-order valence-corrected chi connectivity index (χ2v) is 4.83. The van der Waals surface area contributed by atoms with E-state index in [4.69, 9.17) is 4.74 Å². The summed E-state index contributed by atoms with van der Waals surface area (Å²) in [4.78, 5) is 13.6. The van der Waals surface area contributed by atoms with E-state index in [1.807, 2.05) is 0 Å². The predicted molar refractivity (Wildman–Crippen MR) is 57.5 cm³/mol. The Morgan fingerprint density at radius 2 is 2.00 bits per heavy atom. The van der Waals surface area contributed by atoms with Gasteiger partial charge in [0, 0.05) is 12.1 Å². The smallest absolute Gasteiger partial charge is 0.316 e. The molecule has 0 aliphatic carbocycles. The van der Waals surface area contributed by atoms with E-state index in [0.717, 1.165) is 12.8 Å². The number of carbonyl (C=O) groups is 1. The number of rotatable bonds is 2. The van der Waals surface area contributed by atoms with Crippen LogP contribution >= 0.6 is 15.9 Å². The fourth-order valence-electron chi connectivity index (χ4n) is 2.68. The standard InChI is InChI=1S/C10H16BrNO2/c1-12-7-2-3-8(12)5-9(4-7)14-10(13)6-11/h7-9H,2-6H2,1H3/t7-,8-/m1/s1. The third-order valence-corrected chi connectivity index (χ3v) is 3.92. The molecule has 0 unspecified atom stereocenters. The Kier molecular flexibility index (Phi) is 3.12. The first-order valence-electron chi connectivity index (χ1n) is 5.18. The lowest BCUT2D eigenvalue weighted by Crippen LogP contribution is -2.43. The van der Waals surface area contributed by atoms with Gasteiger partial charge in [-0.05, 0) is 32.7 Å². The molecule has 0 aromatic carbocycles. The van der Waals surface area contributed by atoms with Crippen LogP contribution in [-0.2, 0) is 9.53 Å². The Balaban J connectivity index is 1.90. The summed E-state index contributed by atoms with van der Waals surface area (Å²) in [5.74, 6) is -0.126. The van der Waals surface area contributed by atoms with Crippen LogP contribution in [0.5, 0.6) is 0 Å². The first-order valence-corrected chi connectivity index (χ1v) is 6.30. The average molecular weight is 262 g/mol. The molecule has 2 rings (SSSR count). The van der Waals surface area contributed by atoms with Crippen molar-refractivity contribution in [2.24, 2.45) is 0 Å². The highest BCUT2D eigenvalue weighted by Gasteiger charge is 2.39. The summed E-state index contributed by atoms with van der Waals surface area (Å²) in [6, 6.07) is 1.28. The van der Waals surface area contributed by atoms with Crippen molar-refractivity contribution in [3.05, 3.63) is 0 Å². The number of fused-ring (bicyclic) bond motifs is 2. The van der Waals surface area contributed by atoms with Crippen LogP contribution in [0, 0.1) is 0 Å². The Morgan fingerprint density at radius 3 is 2.50 bits per heavy atom. The Morgan fingerprint density at radius 1 is 1.43 bits per heavy atom. The number of piperidine rings is 1. The second-order valence-electron chi connectivity index (χ2n) is 4.27. The Hall–Kier alpha value is -0.0900. The van der Waals surface area contributed by atoms with Gasteiger partial charge in [-0.15, -0.1) is 0 Å². The van der Waals surface area contributed by atoms with Crippen LogP contribution < -0.4 is 0 Å². The molecule has 2 atom stereocenters. The minimum Gasteiger partial charge on any atom is -0.462 e. The minimum atomic E-state index is -0.126. The van der Waals surface area contributed by atoms with Gasteiger partial charge in [-0.3, -0.25) is 4.79 Å². The molecule has 80 valence electrons. The topological polar surface area (TPSA) is 29.5 Å². The first kappa shape index (κ1) is 10.4. The zero-order chi connectivity index (χ0) is 10.1. The number of nitrogens with zero attached hydrogens (tertiary/aromatic N) is 1. The van der Waals surface area contributed by atoms with E-state index in [2.05, 4.69) is 27.9 Å². The van der Waals surface area contributed by atoms with Crippen molar-refractivity contribution in [3.63, 3.8) is 0 Å². The summed E-state index contributed by atoms with van der Waals surface area (Å²) >= 11 is 3.11. The van der Waals surface area contributed by atoms with Crippen molar-refractivity contribution in [3.8, 4) is 0 Å². The normalized spacial score (nSPS) is 37.1. The van der Waals surface area contributed by atoms with Crippen LogP contribution in [-0.4, -0.2) is 41.4 Å². The molecule has 14 heavy (non-hydrogen) atoms. The van der Waals surface area contributed by atoms with Gasteiger partial charge in [-0.1, -0.05) is 15.9 Å². The summed E-state index contributed by atoms with van der Waals surface area (Å²) < 4.78 is 5.36. The molecule has 0 amide bonds. The molecule has 0 aromatic rings. The van der Waals surface area contributed by atoms with E-state index in [1.54, 1.807) is 0 Å². The highest BCUT2D eigenvalue weighted by atomic mass is 79.9. The summed E-state index contributed by atoms with van der Waals surface area (Å²) in [5, 5.41) is 0.314. The third kappa shape index (κ3) is 1.96. The highest BCUT2D eigenvalue weighted by Crippen LogP contribution is 2.35. The average Bonchev–Trinajstić information content (AvgIpc) is 2.42. The number of hydrogen-bond donors (Lipinski definition) is 0. The van der Waals surface area contributed by atoms with Gasteiger partial charge in [0.2, 0.25) is 0 Å². The van der Waals surface area contributed by atoms with Gasteiger partial charge < -0.3 is 9.64 Å². The van der Waals surface area contributed by atoms with Crippen LogP contribution in [0.3, 0.4) is 0 Å².